The van der Waals surface area contributed by atoms with Crippen molar-refractivity contribution < 1.29 is 10.0 Å². The standard InChI is InChI=1S/C15H20ClN3O3.2ClH/c16-11-3-4-12(19(21)22)14(15(11)20)13(9-10-1-2-10)18-7-5-17-6-8-18;;/h3-4,10,13,17,20H,1-2,5-9H2;2*1H/t13-;;/m0../s1. The summed E-state index contributed by atoms with van der Waals surface area (Å²) in [6.07, 6.45) is 3.17. The molecule has 1 aliphatic carbocycles. The summed E-state index contributed by atoms with van der Waals surface area (Å²) in [4.78, 5) is 13.2. The monoisotopic (exact) mass is 397 g/mol. The summed E-state index contributed by atoms with van der Waals surface area (Å²) in [5, 5.41) is 25.2. The third-order valence-electron chi connectivity index (χ3n) is 4.52. The normalized spacial score (nSPS) is 19.0. The summed E-state index contributed by atoms with van der Waals surface area (Å²) in [7, 11) is 0. The van der Waals surface area contributed by atoms with Gasteiger partial charge in [-0.15, -0.1) is 24.8 Å². The number of nitro benzene ring substituents is 1. The van der Waals surface area contributed by atoms with E-state index in [9.17, 15) is 15.2 Å². The first-order valence-corrected chi connectivity index (χ1v) is 8.06. The number of benzene rings is 1. The zero-order valence-corrected chi connectivity index (χ0v) is 15.5. The quantitative estimate of drug-likeness (QED) is 0.586. The Hall–Kier alpha value is -0.790. The van der Waals surface area contributed by atoms with E-state index >= 15 is 0 Å². The van der Waals surface area contributed by atoms with Crippen LogP contribution < -0.4 is 5.32 Å². The minimum atomic E-state index is -0.423. The number of nitrogens with one attached hydrogen (secondary N) is 1. The van der Waals surface area contributed by atoms with Crippen molar-refractivity contribution in [2.24, 2.45) is 5.92 Å². The molecule has 3 rings (SSSR count). The van der Waals surface area contributed by atoms with Gasteiger partial charge in [0.15, 0.2) is 0 Å². The molecule has 6 nitrogen and oxygen atoms in total. The van der Waals surface area contributed by atoms with Crippen LogP contribution in [0.5, 0.6) is 5.75 Å². The molecule has 0 unspecified atom stereocenters. The maximum absolute atomic E-state index is 11.4. The predicted molar refractivity (Wildman–Crippen MR) is 98.8 cm³/mol. The summed E-state index contributed by atoms with van der Waals surface area (Å²) in [5.41, 5.74) is 0.345. The molecule has 0 aromatic heterocycles. The van der Waals surface area contributed by atoms with E-state index in [1.165, 1.54) is 12.1 Å². The van der Waals surface area contributed by atoms with E-state index in [4.69, 9.17) is 11.6 Å². The molecular formula is C15H22Cl3N3O3. The van der Waals surface area contributed by atoms with E-state index in [2.05, 4.69) is 10.2 Å². The topological polar surface area (TPSA) is 78.6 Å². The number of hydrogen-bond donors (Lipinski definition) is 2. The van der Waals surface area contributed by atoms with Crippen molar-refractivity contribution in [3.05, 3.63) is 32.8 Å². The van der Waals surface area contributed by atoms with E-state index in [1.807, 2.05) is 0 Å². The molecule has 1 aromatic carbocycles. The molecule has 1 heterocycles. The van der Waals surface area contributed by atoms with Crippen LogP contribution in [0.4, 0.5) is 5.69 Å². The van der Waals surface area contributed by atoms with Gasteiger partial charge in [-0.2, -0.15) is 0 Å². The average molecular weight is 399 g/mol. The van der Waals surface area contributed by atoms with Crippen LogP contribution in [0, 0.1) is 16.0 Å². The van der Waals surface area contributed by atoms with E-state index in [-0.39, 0.29) is 47.3 Å². The Balaban J connectivity index is 0.00000144. The SMILES string of the molecule is Cl.Cl.O=[N+]([O-])c1ccc(Cl)c(O)c1[C@H](CC1CC1)N1CCNCC1. The molecule has 1 saturated heterocycles. The zero-order chi connectivity index (χ0) is 15.7. The Morgan fingerprint density at radius 3 is 2.50 bits per heavy atom. The maximum Gasteiger partial charge on any atom is 0.278 e. The Morgan fingerprint density at radius 2 is 1.96 bits per heavy atom. The fraction of sp³-hybridized carbons (Fsp3) is 0.600. The Bertz CT molecular complexity index is 579. The highest BCUT2D eigenvalue weighted by molar-refractivity contribution is 6.32. The summed E-state index contributed by atoms with van der Waals surface area (Å²) >= 11 is 6.02. The van der Waals surface area contributed by atoms with E-state index in [1.54, 1.807) is 0 Å². The van der Waals surface area contributed by atoms with Crippen molar-refractivity contribution in [2.45, 2.75) is 25.3 Å². The van der Waals surface area contributed by atoms with Crippen molar-refractivity contribution in [1.29, 1.82) is 0 Å². The van der Waals surface area contributed by atoms with Gasteiger partial charge in [-0.05, 0) is 18.4 Å². The Kier molecular flexibility index (Phi) is 8.02. The second-order valence-corrected chi connectivity index (χ2v) is 6.47. The molecule has 2 N–H and O–H groups in total. The number of piperazine rings is 1. The smallest absolute Gasteiger partial charge is 0.278 e. The number of phenolic OH excluding ortho intramolecular Hbond substituents is 1. The zero-order valence-electron chi connectivity index (χ0n) is 13.1. The van der Waals surface area contributed by atoms with Gasteiger partial charge in [0.25, 0.3) is 5.69 Å². The summed E-state index contributed by atoms with van der Waals surface area (Å²) in [6, 6.07) is 2.65. The third-order valence-corrected chi connectivity index (χ3v) is 4.83. The van der Waals surface area contributed by atoms with Crippen molar-refractivity contribution in [1.82, 2.24) is 10.2 Å². The lowest BCUT2D eigenvalue weighted by Crippen LogP contribution is -2.45. The Morgan fingerprint density at radius 1 is 1.33 bits per heavy atom. The van der Waals surface area contributed by atoms with E-state index < -0.39 is 4.92 Å². The summed E-state index contributed by atoms with van der Waals surface area (Å²) in [6.45, 7) is 3.35. The van der Waals surface area contributed by atoms with Crippen LogP contribution in [0.2, 0.25) is 5.02 Å². The lowest BCUT2D eigenvalue weighted by Gasteiger charge is -2.35. The van der Waals surface area contributed by atoms with Gasteiger partial charge in [-0.3, -0.25) is 15.0 Å². The molecule has 24 heavy (non-hydrogen) atoms. The molecular weight excluding hydrogens is 377 g/mol. The van der Waals surface area contributed by atoms with Gasteiger partial charge >= 0.3 is 0 Å². The lowest BCUT2D eigenvalue weighted by molar-refractivity contribution is -0.386. The second-order valence-electron chi connectivity index (χ2n) is 6.07. The molecule has 1 aliphatic heterocycles. The fourth-order valence-electron chi connectivity index (χ4n) is 3.17. The number of nitro groups is 1. The molecule has 0 spiro atoms. The molecule has 0 amide bonds. The van der Waals surface area contributed by atoms with Crippen LogP contribution in [-0.4, -0.2) is 41.1 Å². The van der Waals surface area contributed by atoms with Crippen LogP contribution in [0.1, 0.15) is 30.9 Å². The highest BCUT2D eigenvalue weighted by Gasteiger charge is 2.36. The number of halogens is 3. The number of aromatic hydroxyl groups is 1. The van der Waals surface area contributed by atoms with Gasteiger partial charge in [0.2, 0.25) is 0 Å². The number of hydrogen-bond acceptors (Lipinski definition) is 5. The van der Waals surface area contributed by atoms with Crippen molar-refractivity contribution in [2.75, 3.05) is 26.2 Å². The number of nitrogens with zero attached hydrogens (tertiary/aromatic N) is 2. The van der Waals surface area contributed by atoms with Gasteiger partial charge in [-0.1, -0.05) is 24.4 Å². The average Bonchev–Trinajstić information content (AvgIpc) is 3.32. The van der Waals surface area contributed by atoms with Crippen molar-refractivity contribution in [3.63, 3.8) is 0 Å². The number of phenols is 1. The van der Waals surface area contributed by atoms with Gasteiger partial charge in [-0.25, -0.2) is 0 Å². The predicted octanol–water partition coefficient (Wildman–Crippen LogP) is 3.54. The fourth-order valence-corrected chi connectivity index (χ4v) is 3.34. The highest BCUT2D eigenvalue weighted by Crippen LogP contribution is 2.47. The van der Waals surface area contributed by atoms with Crippen molar-refractivity contribution >= 4 is 42.1 Å². The van der Waals surface area contributed by atoms with Crippen molar-refractivity contribution in [3.8, 4) is 5.75 Å². The van der Waals surface area contributed by atoms with Crippen LogP contribution >= 0.6 is 36.4 Å². The summed E-state index contributed by atoms with van der Waals surface area (Å²) < 4.78 is 0. The minimum Gasteiger partial charge on any atom is -0.506 e. The van der Waals surface area contributed by atoms with Gasteiger partial charge in [0.05, 0.1) is 15.5 Å². The molecule has 136 valence electrons. The van der Waals surface area contributed by atoms with E-state index in [0.29, 0.717) is 11.5 Å². The highest BCUT2D eigenvalue weighted by atomic mass is 35.5. The molecule has 2 fully saturated rings. The lowest BCUT2D eigenvalue weighted by atomic mass is 9.96. The second kappa shape index (κ2) is 9.06. The first-order valence-electron chi connectivity index (χ1n) is 7.68. The number of rotatable bonds is 5. The van der Waals surface area contributed by atoms with Gasteiger partial charge in [0, 0.05) is 38.3 Å². The Labute approximate surface area is 158 Å². The molecule has 1 saturated carbocycles. The van der Waals surface area contributed by atoms with Gasteiger partial charge in [0.1, 0.15) is 5.75 Å². The largest absolute Gasteiger partial charge is 0.506 e. The minimum absolute atomic E-state index is 0. The molecule has 9 heteroatoms. The van der Waals surface area contributed by atoms with Gasteiger partial charge < -0.3 is 10.4 Å². The van der Waals surface area contributed by atoms with Crippen LogP contribution in [0.15, 0.2) is 12.1 Å². The molecule has 1 aromatic rings. The molecule has 0 bridgehead atoms. The third kappa shape index (κ3) is 4.64. The van der Waals surface area contributed by atoms with Crippen LogP contribution in [-0.2, 0) is 0 Å². The molecule has 0 radical (unpaired) electrons. The molecule has 1 atom stereocenters. The molecule has 2 aliphatic rings. The first kappa shape index (κ1) is 21.3. The first-order chi connectivity index (χ1) is 10.6. The van der Waals surface area contributed by atoms with Crippen LogP contribution in [0.25, 0.3) is 0 Å². The summed E-state index contributed by atoms with van der Waals surface area (Å²) in [5.74, 6) is 0.456. The van der Waals surface area contributed by atoms with E-state index in [0.717, 1.165) is 45.4 Å². The van der Waals surface area contributed by atoms with Crippen LogP contribution in [0.3, 0.4) is 0 Å². The maximum atomic E-state index is 11.4.